The molecule has 5 heteroatoms. The molecule has 0 fully saturated rings. The van der Waals surface area contributed by atoms with Gasteiger partial charge in [-0.15, -0.1) is 0 Å². The Balaban J connectivity index is 2.27. The van der Waals surface area contributed by atoms with Crippen molar-refractivity contribution in [3.05, 3.63) is 36.0 Å². The number of nitrogens with zero attached hydrogens (tertiary/aromatic N) is 1. The van der Waals surface area contributed by atoms with Crippen LogP contribution in [0.3, 0.4) is 0 Å². The Hall–Kier alpha value is -1.33. The molecular weight excluding hydrogens is 272 g/mol. The monoisotopic (exact) mass is 294 g/mol. The van der Waals surface area contributed by atoms with Crippen molar-refractivity contribution in [2.75, 3.05) is 5.75 Å². The summed E-state index contributed by atoms with van der Waals surface area (Å²) in [5, 5.41) is 1.11. The molecule has 0 unspecified atom stereocenters. The number of benzene rings is 1. The lowest BCUT2D eigenvalue weighted by Gasteiger charge is -2.19. The van der Waals surface area contributed by atoms with Gasteiger partial charge in [-0.05, 0) is 43.9 Å². The van der Waals surface area contributed by atoms with E-state index in [0.29, 0.717) is 13.1 Å². The highest BCUT2D eigenvalue weighted by Gasteiger charge is 2.28. The quantitative estimate of drug-likeness (QED) is 0.941. The van der Waals surface area contributed by atoms with Crippen LogP contribution in [0.1, 0.15) is 26.3 Å². The largest absolute Gasteiger partial charge is 0.346 e. The average molecular weight is 294 g/mol. The number of sulfone groups is 1. The number of aromatic nitrogens is 1. The average Bonchev–Trinajstić information content (AvgIpc) is 2.77. The summed E-state index contributed by atoms with van der Waals surface area (Å²) in [4.78, 5) is 0. The van der Waals surface area contributed by atoms with Crippen molar-refractivity contribution in [2.45, 2.75) is 38.6 Å². The maximum atomic E-state index is 12.2. The summed E-state index contributed by atoms with van der Waals surface area (Å²) in [5.41, 5.74) is 7.75. The van der Waals surface area contributed by atoms with Crippen LogP contribution in [0.15, 0.2) is 30.5 Å². The van der Waals surface area contributed by atoms with E-state index < -0.39 is 14.6 Å². The van der Waals surface area contributed by atoms with Gasteiger partial charge in [0.1, 0.15) is 0 Å². The number of rotatable bonds is 4. The Kier molecular flexibility index (Phi) is 3.93. The van der Waals surface area contributed by atoms with E-state index in [1.165, 1.54) is 0 Å². The first-order valence-corrected chi connectivity index (χ1v) is 8.40. The lowest BCUT2D eigenvalue weighted by molar-refractivity contribution is 0.555. The SMILES string of the molecule is CC(C)(C)S(=O)(=O)CCn1ccc2ccc(CN)cc21. The number of fused-ring (bicyclic) bond motifs is 1. The zero-order valence-electron chi connectivity index (χ0n) is 12.3. The van der Waals surface area contributed by atoms with Gasteiger partial charge in [0.2, 0.25) is 0 Å². The first kappa shape index (κ1) is 15.1. The van der Waals surface area contributed by atoms with Crippen LogP contribution >= 0.6 is 0 Å². The second-order valence-electron chi connectivity index (χ2n) is 6.04. The highest BCUT2D eigenvalue weighted by molar-refractivity contribution is 7.92. The van der Waals surface area contributed by atoms with Gasteiger partial charge in [-0.2, -0.15) is 0 Å². The Labute approximate surface area is 120 Å². The molecule has 0 amide bonds. The maximum Gasteiger partial charge on any atom is 0.156 e. The van der Waals surface area contributed by atoms with Crippen LogP contribution in [0.25, 0.3) is 10.9 Å². The second-order valence-corrected chi connectivity index (χ2v) is 8.90. The van der Waals surface area contributed by atoms with E-state index >= 15 is 0 Å². The van der Waals surface area contributed by atoms with Gasteiger partial charge in [-0.1, -0.05) is 12.1 Å². The molecule has 2 aromatic rings. The molecule has 0 saturated carbocycles. The molecule has 0 spiro atoms. The molecular formula is C15H22N2O2S. The third-order valence-corrected chi connectivity index (χ3v) is 6.19. The fourth-order valence-corrected chi connectivity index (χ4v) is 3.13. The summed E-state index contributed by atoms with van der Waals surface area (Å²) < 4.78 is 25.6. The number of nitrogens with two attached hydrogens (primary N) is 1. The van der Waals surface area contributed by atoms with Crippen LogP contribution in [0.4, 0.5) is 0 Å². The molecule has 1 aromatic carbocycles. The van der Waals surface area contributed by atoms with Crippen molar-refractivity contribution in [2.24, 2.45) is 5.73 Å². The molecule has 0 saturated heterocycles. The molecule has 0 aliphatic rings. The summed E-state index contributed by atoms with van der Waals surface area (Å²) in [6.45, 7) is 6.17. The Bertz CT molecular complexity index is 709. The van der Waals surface area contributed by atoms with Crippen LogP contribution in [0, 0.1) is 0 Å². The van der Waals surface area contributed by atoms with Crippen molar-refractivity contribution in [1.82, 2.24) is 4.57 Å². The van der Waals surface area contributed by atoms with Gasteiger partial charge >= 0.3 is 0 Å². The summed E-state index contributed by atoms with van der Waals surface area (Å²) >= 11 is 0. The summed E-state index contributed by atoms with van der Waals surface area (Å²) in [7, 11) is -3.10. The van der Waals surface area contributed by atoms with Gasteiger partial charge in [0.25, 0.3) is 0 Å². The minimum atomic E-state index is -3.10. The molecule has 20 heavy (non-hydrogen) atoms. The van der Waals surface area contributed by atoms with E-state index in [9.17, 15) is 8.42 Å². The molecule has 110 valence electrons. The van der Waals surface area contributed by atoms with Crippen LogP contribution in [-0.4, -0.2) is 23.5 Å². The summed E-state index contributed by atoms with van der Waals surface area (Å²) in [5.74, 6) is 0.146. The molecule has 0 aliphatic heterocycles. The lowest BCUT2D eigenvalue weighted by atomic mass is 10.2. The van der Waals surface area contributed by atoms with Crippen molar-refractivity contribution in [1.29, 1.82) is 0 Å². The topological polar surface area (TPSA) is 65.1 Å². The second kappa shape index (κ2) is 5.22. The predicted molar refractivity (Wildman–Crippen MR) is 83.4 cm³/mol. The Morgan fingerprint density at radius 3 is 2.50 bits per heavy atom. The zero-order chi connectivity index (χ0) is 15.0. The molecule has 2 rings (SSSR count). The van der Waals surface area contributed by atoms with Gasteiger partial charge in [-0.3, -0.25) is 0 Å². The van der Waals surface area contributed by atoms with Crippen LogP contribution in [-0.2, 0) is 22.9 Å². The molecule has 0 radical (unpaired) electrons. The molecule has 2 N–H and O–H groups in total. The van der Waals surface area contributed by atoms with E-state index in [1.54, 1.807) is 20.8 Å². The van der Waals surface area contributed by atoms with Gasteiger partial charge in [-0.25, -0.2) is 8.42 Å². The minimum Gasteiger partial charge on any atom is -0.346 e. The van der Waals surface area contributed by atoms with Gasteiger partial charge < -0.3 is 10.3 Å². The van der Waals surface area contributed by atoms with E-state index in [4.69, 9.17) is 5.73 Å². The molecule has 1 heterocycles. The predicted octanol–water partition coefficient (Wildman–Crippen LogP) is 2.31. The van der Waals surface area contributed by atoms with E-state index in [0.717, 1.165) is 16.5 Å². The minimum absolute atomic E-state index is 0.146. The number of hydrogen-bond donors (Lipinski definition) is 1. The van der Waals surface area contributed by atoms with Crippen LogP contribution in [0.5, 0.6) is 0 Å². The molecule has 4 nitrogen and oxygen atoms in total. The number of hydrogen-bond acceptors (Lipinski definition) is 3. The van der Waals surface area contributed by atoms with Crippen LogP contribution in [0.2, 0.25) is 0 Å². The van der Waals surface area contributed by atoms with E-state index in [-0.39, 0.29) is 5.75 Å². The first-order chi connectivity index (χ1) is 9.24. The Morgan fingerprint density at radius 2 is 1.90 bits per heavy atom. The van der Waals surface area contributed by atoms with Gasteiger partial charge in [0, 0.05) is 24.8 Å². The van der Waals surface area contributed by atoms with Crippen molar-refractivity contribution >= 4 is 20.7 Å². The highest BCUT2D eigenvalue weighted by atomic mass is 32.2. The van der Waals surface area contributed by atoms with Crippen molar-refractivity contribution in [3.63, 3.8) is 0 Å². The highest BCUT2D eigenvalue weighted by Crippen LogP contribution is 2.20. The summed E-state index contributed by atoms with van der Waals surface area (Å²) in [6, 6.07) is 8.04. The van der Waals surface area contributed by atoms with Gasteiger partial charge in [0.15, 0.2) is 9.84 Å². The number of aryl methyl sites for hydroxylation is 1. The molecule has 0 aliphatic carbocycles. The fraction of sp³-hybridized carbons (Fsp3) is 0.467. The molecule has 0 atom stereocenters. The van der Waals surface area contributed by atoms with Gasteiger partial charge in [0.05, 0.1) is 10.5 Å². The molecule has 1 aromatic heterocycles. The zero-order valence-corrected chi connectivity index (χ0v) is 13.1. The third-order valence-electron chi connectivity index (χ3n) is 3.61. The third kappa shape index (κ3) is 2.88. The Morgan fingerprint density at radius 1 is 1.20 bits per heavy atom. The van der Waals surface area contributed by atoms with Crippen LogP contribution < -0.4 is 5.73 Å². The maximum absolute atomic E-state index is 12.2. The van der Waals surface area contributed by atoms with E-state index in [1.807, 2.05) is 35.0 Å². The lowest BCUT2D eigenvalue weighted by Crippen LogP contribution is -2.31. The normalized spacial score (nSPS) is 13.0. The molecule has 0 bridgehead atoms. The van der Waals surface area contributed by atoms with E-state index in [2.05, 4.69) is 0 Å². The van der Waals surface area contributed by atoms with Crippen molar-refractivity contribution in [3.8, 4) is 0 Å². The standard InChI is InChI=1S/C15H22N2O2S/c1-15(2,3)20(18,19)9-8-17-7-6-13-5-4-12(11-16)10-14(13)17/h4-7,10H,8-9,11,16H2,1-3H3. The fourth-order valence-electron chi connectivity index (χ4n) is 2.08. The van der Waals surface area contributed by atoms with Crippen molar-refractivity contribution < 1.29 is 8.42 Å². The smallest absolute Gasteiger partial charge is 0.156 e. The first-order valence-electron chi connectivity index (χ1n) is 6.75. The summed E-state index contributed by atoms with van der Waals surface area (Å²) in [6.07, 6.45) is 1.93.